The van der Waals surface area contributed by atoms with Gasteiger partial charge in [0.1, 0.15) is 6.10 Å². The zero-order chi connectivity index (χ0) is 17.4. The Balaban J connectivity index is 1.78. The van der Waals surface area contributed by atoms with E-state index in [0.717, 1.165) is 11.1 Å². The summed E-state index contributed by atoms with van der Waals surface area (Å²) in [5, 5.41) is 5.31. The van der Waals surface area contributed by atoms with Crippen LogP contribution in [0.4, 0.5) is 0 Å². The van der Waals surface area contributed by atoms with E-state index in [1.165, 1.54) is 0 Å². The minimum Gasteiger partial charge on any atom is -0.454 e. The summed E-state index contributed by atoms with van der Waals surface area (Å²) in [6.45, 7) is 0. The smallest absolute Gasteiger partial charge is 0.337 e. The quantitative estimate of drug-likeness (QED) is 0.492. The first-order valence-electron chi connectivity index (χ1n) is 8.03. The Kier molecular flexibility index (Phi) is 3.62. The van der Waals surface area contributed by atoms with Gasteiger partial charge in [-0.2, -0.15) is 0 Å². The second kappa shape index (κ2) is 5.82. The molecule has 3 atom stereocenters. The van der Waals surface area contributed by atoms with E-state index < -0.39 is 35.5 Å². The average molecular weight is 336 g/mol. The van der Waals surface area contributed by atoms with Gasteiger partial charge in [0.05, 0.1) is 12.5 Å². The van der Waals surface area contributed by atoms with Crippen LogP contribution in [0.15, 0.2) is 60.7 Å². The molecule has 2 heterocycles. The molecule has 6 heteroatoms. The van der Waals surface area contributed by atoms with E-state index in [1.54, 1.807) is 0 Å². The predicted octanol–water partition coefficient (Wildman–Crippen LogP) is 1.40. The largest absolute Gasteiger partial charge is 0.454 e. The maximum absolute atomic E-state index is 12.6. The van der Waals surface area contributed by atoms with Gasteiger partial charge in [-0.25, -0.2) is 4.79 Å². The van der Waals surface area contributed by atoms with Gasteiger partial charge in [-0.3, -0.25) is 20.2 Å². The molecule has 2 N–H and O–H groups in total. The highest BCUT2D eigenvalue weighted by atomic mass is 16.6. The van der Waals surface area contributed by atoms with Crippen molar-refractivity contribution in [2.45, 2.75) is 24.1 Å². The number of amides is 2. The fraction of sp³-hybridized carbons (Fsp3) is 0.211. The van der Waals surface area contributed by atoms with Crippen LogP contribution < -0.4 is 10.6 Å². The Labute approximate surface area is 144 Å². The van der Waals surface area contributed by atoms with Crippen LogP contribution >= 0.6 is 0 Å². The van der Waals surface area contributed by atoms with E-state index in [0.29, 0.717) is 0 Å². The van der Waals surface area contributed by atoms with Crippen molar-refractivity contribution in [1.82, 2.24) is 10.6 Å². The van der Waals surface area contributed by atoms with Crippen molar-refractivity contribution in [3.63, 3.8) is 0 Å². The number of ether oxygens (including phenoxy) is 1. The summed E-state index contributed by atoms with van der Waals surface area (Å²) in [6.07, 6.45) is -0.847. The molecule has 1 spiro atoms. The summed E-state index contributed by atoms with van der Waals surface area (Å²) in [5.41, 5.74) is 0.0234. The first-order chi connectivity index (χ1) is 12.1. The van der Waals surface area contributed by atoms with Crippen LogP contribution in [0.25, 0.3) is 0 Å². The second-order valence-corrected chi connectivity index (χ2v) is 6.23. The molecule has 0 bridgehead atoms. The molecule has 4 rings (SSSR count). The lowest BCUT2D eigenvalue weighted by Crippen LogP contribution is -2.63. The molecular formula is C19H16N2O4. The lowest BCUT2D eigenvalue weighted by atomic mass is 9.87. The highest BCUT2D eigenvalue weighted by Crippen LogP contribution is 2.40. The van der Waals surface area contributed by atoms with E-state index in [1.807, 2.05) is 60.7 Å². The van der Waals surface area contributed by atoms with E-state index in [-0.39, 0.29) is 6.42 Å². The molecule has 2 aliphatic heterocycles. The summed E-state index contributed by atoms with van der Waals surface area (Å²) < 4.78 is 5.68. The Hall–Kier alpha value is -2.99. The number of esters is 1. The van der Waals surface area contributed by atoms with Gasteiger partial charge in [-0.05, 0) is 11.1 Å². The molecule has 6 nitrogen and oxygen atoms in total. The Morgan fingerprint density at radius 3 is 2.04 bits per heavy atom. The van der Waals surface area contributed by atoms with Crippen LogP contribution in [0.2, 0.25) is 0 Å². The number of morpholine rings is 1. The highest BCUT2D eigenvalue weighted by molar-refractivity contribution is 6.20. The molecule has 25 heavy (non-hydrogen) atoms. The van der Waals surface area contributed by atoms with Gasteiger partial charge < -0.3 is 4.74 Å². The number of nitrogens with one attached hydrogen (secondary N) is 2. The minimum atomic E-state index is -1.66. The van der Waals surface area contributed by atoms with Crippen molar-refractivity contribution >= 4 is 17.8 Å². The van der Waals surface area contributed by atoms with Crippen molar-refractivity contribution in [3.8, 4) is 0 Å². The molecule has 2 amide bonds. The molecule has 2 saturated heterocycles. The Morgan fingerprint density at radius 1 is 0.880 bits per heavy atom. The van der Waals surface area contributed by atoms with Crippen molar-refractivity contribution < 1.29 is 19.1 Å². The SMILES string of the molecule is O=C1C[C@]2(N[C@H](c3ccccc3)[C@H](c3ccccc3)OC2=O)C(=O)N1. The molecule has 2 aromatic rings. The van der Waals surface area contributed by atoms with Crippen LogP contribution in [0.3, 0.4) is 0 Å². The normalized spacial score (nSPS) is 28.7. The molecule has 0 unspecified atom stereocenters. The third kappa shape index (κ3) is 2.51. The summed E-state index contributed by atoms with van der Waals surface area (Å²) >= 11 is 0. The fourth-order valence-corrected chi connectivity index (χ4v) is 3.39. The molecule has 2 aromatic carbocycles. The van der Waals surface area contributed by atoms with E-state index in [9.17, 15) is 14.4 Å². The number of cyclic esters (lactones) is 1. The monoisotopic (exact) mass is 336 g/mol. The molecule has 0 radical (unpaired) electrons. The molecular weight excluding hydrogens is 320 g/mol. The maximum atomic E-state index is 12.6. The molecule has 2 aliphatic rings. The van der Waals surface area contributed by atoms with Gasteiger partial charge in [-0.15, -0.1) is 0 Å². The number of hydrogen-bond acceptors (Lipinski definition) is 5. The van der Waals surface area contributed by atoms with Crippen molar-refractivity contribution in [2.75, 3.05) is 0 Å². The van der Waals surface area contributed by atoms with Crippen LogP contribution in [-0.2, 0) is 19.1 Å². The van der Waals surface area contributed by atoms with Gasteiger partial charge in [0.15, 0.2) is 0 Å². The number of carbonyl (C=O) groups excluding carboxylic acids is 3. The average Bonchev–Trinajstić information content (AvgIpc) is 2.92. The Morgan fingerprint density at radius 2 is 1.48 bits per heavy atom. The van der Waals surface area contributed by atoms with Crippen molar-refractivity contribution in [3.05, 3.63) is 71.8 Å². The fourth-order valence-electron chi connectivity index (χ4n) is 3.39. The zero-order valence-electron chi connectivity index (χ0n) is 13.3. The lowest BCUT2D eigenvalue weighted by molar-refractivity contribution is -0.171. The minimum absolute atomic E-state index is 0.254. The summed E-state index contributed by atoms with van der Waals surface area (Å²) in [5.74, 6) is -1.87. The van der Waals surface area contributed by atoms with Gasteiger partial charge in [0.25, 0.3) is 5.91 Å². The summed E-state index contributed by atoms with van der Waals surface area (Å²) in [4.78, 5) is 36.6. The van der Waals surface area contributed by atoms with Crippen molar-refractivity contribution in [2.24, 2.45) is 0 Å². The van der Waals surface area contributed by atoms with Gasteiger partial charge in [0.2, 0.25) is 11.4 Å². The molecule has 0 aromatic heterocycles. The predicted molar refractivity (Wildman–Crippen MR) is 88.1 cm³/mol. The molecule has 0 aliphatic carbocycles. The number of imide groups is 1. The van der Waals surface area contributed by atoms with Crippen LogP contribution in [0.5, 0.6) is 0 Å². The topological polar surface area (TPSA) is 84.5 Å². The zero-order valence-corrected chi connectivity index (χ0v) is 13.3. The number of carbonyl (C=O) groups is 3. The standard InChI is InChI=1S/C19H16N2O4/c22-14-11-19(17(23)20-14)18(24)25-16(13-9-5-2-6-10-13)15(21-19)12-7-3-1-4-8-12/h1-10,15-16,21H,11H2,(H,20,22,23)/t15-,16+,19+/m1/s1. The lowest BCUT2D eigenvalue weighted by Gasteiger charge is -2.40. The molecule has 126 valence electrons. The summed E-state index contributed by atoms with van der Waals surface area (Å²) in [6, 6.07) is 18.3. The summed E-state index contributed by atoms with van der Waals surface area (Å²) in [7, 11) is 0. The van der Waals surface area contributed by atoms with Crippen molar-refractivity contribution in [1.29, 1.82) is 0 Å². The number of benzene rings is 2. The van der Waals surface area contributed by atoms with E-state index >= 15 is 0 Å². The van der Waals surface area contributed by atoms with Gasteiger partial charge >= 0.3 is 5.97 Å². The highest BCUT2D eigenvalue weighted by Gasteiger charge is 2.59. The van der Waals surface area contributed by atoms with Gasteiger partial charge in [-0.1, -0.05) is 60.7 Å². The Bertz CT molecular complexity index is 837. The molecule has 0 saturated carbocycles. The van der Waals surface area contributed by atoms with E-state index in [2.05, 4.69) is 10.6 Å². The third-order valence-electron chi connectivity index (χ3n) is 4.64. The van der Waals surface area contributed by atoms with E-state index in [4.69, 9.17) is 4.74 Å². The number of rotatable bonds is 2. The number of hydrogen-bond donors (Lipinski definition) is 2. The first kappa shape index (κ1) is 15.5. The second-order valence-electron chi connectivity index (χ2n) is 6.23. The van der Waals surface area contributed by atoms with Crippen LogP contribution in [0, 0.1) is 0 Å². The van der Waals surface area contributed by atoms with Crippen LogP contribution in [0.1, 0.15) is 29.7 Å². The first-order valence-corrected chi connectivity index (χ1v) is 8.03. The molecule has 2 fully saturated rings. The van der Waals surface area contributed by atoms with Crippen LogP contribution in [-0.4, -0.2) is 23.3 Å². The van der Waals surface area contributed by atoms with Gasteiger partial charge in [0, 0.05) is 0 Å². The third-order valence-corrected chi connectivity index (χ3v) is 4.64. The maximum Gasteiger partial charge on any atom is 0.337 e.